The Labute approximate surface area is 407 Å². The molecule has 67 heavy (non-hydrogen) atoms. The van der Waals surface area contributed by atoms with Crippen molar-refractivity contribution in [3.05, 3.63) is 155 Å². The van der Waals surface area contributed by atoms with Crippen LogP contribution in [-0.2, 0) is 23.7 Å². The van der Waals surface area contributed by atoms with E-state index in [-0.39, 0.29) is 10.8 Å². The van der Waals surface area contributed by atoms with Crippen LogP contribution in [0.1, 0.15) is 204 Å². The summed E-state index contributed by atoms with van der Waals surface area (Å²) in [6.07, 6.45) is 37.6. The normalized spacial score (nSPS) is 14.6. The van der Waals surface area contributed by atoms with Gasteiger partial charge in [-0.3, -0.25) is 0 Å². The Balaban J connectivity index is 1.19. The Kier molecular flexibility index (Phi) is 17.0. The van der Waals surface area contributed by atoms with Crippen LogP contribution in [0.3, 0.4) is 0 Å². The molecule has 1 N–H and O–H groups in total. The predicted octanol–water partition coefficient (Wildman–Crippen LogP) is 20.0. The molecule has 0 fully saturated rings. The molecule has 8 rings (SSSR count). The van der Waals surface area contributed by atoms with Crippen molar-refractivity contribution in [2.75, 3.05) is 10.2 Å². The maximum Gasteiger partial charge on any atom is 0.0465 e. The summed E-state index contributed by atoms with van der Waals surface area (Å²) in [7, 11) is 0. The summed E-state index contributed by atoms with van der Waals surface area (Å²) in [5.41, 5.74) is 19.5. The number of aryl methyl sites for hydroxylation is 2. The van der Waals surface area contributed by atoms with E-state index in [1.165, 1.54) is 190 Å². The molecule has 354 valence electrons. The fraction of sp³-hybridized carbons (Fsp3) is 0.477. The van der Waals surface area contributed by atoms with Crippen LogP contribution in [0.25, 0.3) is 22.3 Å². The lowest BCUT2D eigenvalue weighted by molar-refractivity contribution is 0.394. The average Bonchev–Trinajstić information content (AvgIpc) is 3.62. The fourth-order valence-electron chi connectivity index (χ4n) is 11.7. The van der Waals surface area contributed by atoms with Crippen molar-refractivity contribution in [3.63, 3.8) is 0 Å². The highest BCUT2D eigenvalue weighted by molar-refractivity contribution is 5.87. The summed E-state index contributed by atoms with van der Waals surface area (Å²) < 4.78 is 0. The average molecular weight is 893 g/mol. The van der Waals surface area contributed by atoms with Crippen molar-refractivity contribution in [2.24, 2.45) is 0 Å². The van der Waals surface area contributed by atoms with E-state index in [2.05, 4.69) is 166 Å². The number of benzene rings is 5. The first-order chi connectivity index (χ1) is 32.9. The number of hydrogen-bond acceptors (Lipinski definition) is 2. The van der Waals surface area contributed by atoms with Crippen LogP contribution in [0.4, 0.5) is 22.7 Å². The van der Waals surface area contributed by atoms with E-state index in [1.807, 2.05) is 0 Å². The van der Waals surface area contributed by atoms with Gasteiger partial charge in [-0.05, 0) is 161 Å². The highest BCUT2D eigenvalue weighted by atomic mass is 15.1. The standard InChI is InChI=1S/C65H84N2/c1-6-10-12-14-16-18-20-25-45-65(46-26-21-19-17-15-13-11-7-2)62-48-54(64(5,8-3)9-4)35-43-60(62)61-44-42-59(49-63(61)65)67(58-40-36-56(37-41-58)66-55-27-23-22-24-28-55)57-38-33-51(34-39-57)53-32-30-50-29-31-52(50)47-53/h22-23,27,30,32-44,47-49,66H,6-21,24-26,28-29,31,45-46H2,1-5H3. The van der Waals surface area contributed by atoms with Crippen LogP contribution < -0.4 is 10.2 Å². The van der Waals surface area contributed by atoms with Gasteiger partial charge in [0.2, 0.25) is 0 Å². The van der Waals surface area contributed by atoms with Gasteiger partial charge in [0.1, 0.15) is 0 Å². The van der Waals surface area contributed by atoms with Crippen molar-refractivity contribution < 1.29 is 0 Å². The molecule has 0 saturated heterocycles. The zero-order valence-corrected chi connectivity index (χ0v) is 42.5. The van der Waals surface area contributed by atoms with Gasteiger partial charge in [0.25, 0.3) is 0 Å². The highest BCUT2D eigenvalue weighted by Gasteiger charge is 2.43. The van der Waals surface area contributed by atoms with Gasteiger partial charge in [-0.2, -0.15) is 0 Å². The van der Waals surface area contributed by atoms with Crippen LogP contribution >= 0.6 is 0 Å². The molecule has 3 aliphatic carbocycles. The zero-order valence-electron chi connectivity index (χ0n) is 42.5. The number of anilines is 4. The topological polar surface area (TPSA) is 15.3 Å². The van der Waals surface area contributed by atoms with Gasteiger partial charge in [-0.15, -0.1) is 0 Å². The van der Waals surface area contributed by atoms with Gasteiger partial charge in [0.05, 0.1) is 0 Å². The lowest BCUT2D eigenvalue weighted by atomic mass is 9.69. The Hall–Kier alpha value is -4.82. The molecule has 0 spiro atoms. The van der Waals surface area contributed by atoms with E-state index in [9.17, 15) is 0 Å². The Morgan fingerprint density at radius 2 is 1.04 bits per heavy atom. The molecule has 0 aromatic heterocycles. The third-order valence-corrected chi connectivity index (χ3v) is 16.5. The molecule has 0 bridgehead atoms. The largest absolute Gasteiger partial charge is 0.359 e. The Morgan fingerprint density at radius 3 is 1.60 bits per heavy atom. The molecule has 0 aliphatic heterocycles. The van der Waals surface area contributed by atoms with E-state index >= 15 is 0 Å². The second-order valence-corrected chi connectivity index (χ2v) is 21.0. The van der Waals surface area contributed by atoms with Gasteiger partial charge >= 0.3 is 0 Å². The maximum atomic E-state index is 3.72. The smallest absolute Gasteiger partial charge is 0.0465 e. The van der Waals surface area contributed by atoms with Crippen LogP contribution in [0.2, 0.25) is 0 Å². The first-order valence-corrected chi connectivity index (χ1v) is 27.4. The predicted molar refractivity (Wildman–Crippen MR) is 293 cm³/mol. The van der Waals surface area contributed by atoms with Gasteiger partial charge in [0.15, 0.2) is 0 Å². The van der Waals surface area contributed by atoms with E-state index in [1.54, 1.807) is 11.1 Å². The minimum Gasteiger partial charge on any atom is -0.359 e. The number of allylic oxidation sites excluding steroid dienone is 4. The maximum absolute atomic E-state index is 3.72. The third-order valence-electron chi connectivity index (χ3n) is 16.5. The molecule has 0 radical (unpaired) electrons. The number of fused-ring (bicyclic) bond motifs is 4. The minimum absolute atomic E-state index is 0.0101. The molecular formula is C65H84N2. The van der Waals surface area contributed by atoms with Crippen LogP contribution in [0.15, 0.2) is 127 Å². The van der Waals surface area contributed by atoms with E-state index in [4.69, 9.17) is 0 Å². The van der Waals surface area contributed by atoms with Crippen LogP contribution in [0.5, 0.6) is 0 Å². The molecule has 0 unspecified atom stereocenters. The number of nitrogens with zero attached hydrogens (tertiary/aromatic N) is 1. The van der Waals surface area contributed by atoms with Crippen molar-refractivity contribution >= 4 is 22.7 Å². The third kappa shape index (κ3) is 11.4. The molecule has 3 aliphatic rings. The molecule has 0 amide bonds. The van der Waals surface area contributed by atoms with Crippen LogP contribution in [-0.4, -0.2) is 0 Å². The van der Waals surface area contributed by atoms with E-state index in [0.717, 1.165) is 31.4 Å². The second-order valence-electron chi connectivity index (χ2n) is 21.0. The lowest BCUT2D eigenvalue weighted by Crippen LogP contribution is -2.27. The first-order valence-electron chi connectivity index (χ1n) is 27.4. The molecule has 2 heteroatoms. The van der Waals surface area contributed by atoms with Gasteiger partial charge in [-0.1, -0.05) is 204 Å². The molecule has 0 heterocycles. The second kappa shape index (κ2) is 23.5. The number of rotatable bonds is 27. The Morgan fingerprint density at radius 1 is 0.507 bits per heavy atom. The molecule has 2 nitrogen and oxygen atoms in total. The summed E-state index contributed by atoms with van der Waals surface area (Å²) >= 11 is 0. The zero-order chi connectivity index (χ0) is 46.5. The number of unbranched alkanes of at least 4 members (excludes halogenated alkanes) is 14. The SMILES string of the molecule is CCCCCCCCCCC1(CCCCCCCCCC)c2cc(N(c3ccc(NC4=CC=CCC4)cc3)c3ccc(-c4ccc5c(c4)CC5)cc3)ccc2-c2ccc(C(C)(CC)CC)cc21. The minimum atomic E-state index is -0.0101. The van der Waals surface area contributed by atoms with Crippen molar-refractivity contribution in [3.8, 4) is 22.3 Å². The monoisotopic (exact) mass is 893 g/mol. The fourth-order valence-corrected chi connectivity index (χ4v) is 11.7. The van der Waals surface area contributed by atoms with E-state index in [0.29, 0.717) is 0 Å². The summed E-state index contributed by atoms with van der Waals surface area (Å²) in [6, 6.07) is 41.0. The quantitative estimate of drug-likeness (QED) is 0.0529. The molecule has 0 saturated carbocycles. The highest BCUT2D eigenvalue weighted by Crippen LogP contribution is 2.57. The van der Waals surface area contributed by atoms with Crippen LogP contribution in [0, 0.1) is 0 Å². The Bertz CT molecular complexity index is 2390. The first kappa shape index (κ1) is 48.6. The van der Waals surface area contributed by atoms with E-state index < -0.39 is 0 Å². The molecular weight excluding hydrogens is 809 g/mol. The van der Waals surface area contributed by atoms with Gasteiger partial charge in [-0.25, -0.2) is 0 Å². The van der Waals surface area contributed by atoms with Crippen molar-refractivity contribution in [2.45, 2.75) is 200 Å². The molecule has 0 atom stereocenters. The summed E-state index contributed by atoms with van der Waals surface area (Å²) in [6.45, 7) is 11.9. The molecule has 5 aromatic carbocycles. The van der Waals surface area contributed by atoms with Crippen molar-refractivity contribution in [1.82, 2.24) is 0 Å². The summed E-state index contributed by atoms with van der Waals surface area (Å²) in [4.78, 5) is 2.53. The number of hydrogen-bond donors (Lipinski definition) is 1. The summed E-state index contributed by atoms with van der Waals surface area (Å²) in [5.74, 6) is 0. The summed E-state index contributed by atoms with van der Waals surface area (Å²) in [5, 5.41) is 3.72. The lowest BCUT2D eigenvalue weighted by Gasteiger charge is -2.35. The number of nitrogens with one attached hydrogen (secondary N) is 1. The van der Waals surface area contributed by atoms with Crippen molar-refractivity contribution in [1.29, 1.82) is 0 Å². The molecule has 5 aromatic rings. The van der Waals surface area contributed by atoms with Gasteiger partial charge < -0.3 is 10.2 Å². The van der Waals surface area contributed by atoms with Gasteiger partial charge in [0, 0.05) is 33.9 Å².